The van der Waals surface area contributed by atoms with Crippen molar-refractivity contribution in [1.29, 1.82) is 0 Å². The molecule has 6 heteroatoms. The Bertz CT molecular complexity index is 482. The summed E-state index contributed by atoms with van der Waals surface area (Å²) in [7, 11) is 3.12. The third kappa shape index (κ3) is 4.96. The second-order valence-electron chi connectivity index (χ2n) is 5.67. The molecule has 1 heterocycles. The molecule has 1 aromatic rings. The molecular weight excluding hydrogens is 319 g/mol. The van der Waals surface area contributed by atoms with Gasteiger partial charge in [-0.1, -0.05) is 19.8 Å². The summed E-state index contributed by atoms with van der Waals surface area (Å²) in [4.78, 5) is 2.37. The van der Waals surface area contributed by atoms with Gasteiger partial charge in [0.05, 0.1) is 14.2 Å². The molecule has 0 spiro atoms. The average Bonchev–Trinajstić information content (AvgIpc) is 2.57. The van der Waals surface area contributed by atoms with Crippen molar-refractivity contribution in [3.05, 3.63) is 23.5 Å². The van der Waals surface area contributed by atoms with Crippen LogP contribution in [0.3, 0.4) is 0 Å². The molecule has 0 bridgehead atoms. The first kappa shape index (κ1) is 20.0. The van der Waals surface area contributed by atoms with Crippen LogP contribution in [0.15, 0.2) is 12.1 Å². The van der Waals surface area contributed by atoms with Crippen molar-refractivity contribution in [1.82, 2.24) is 10.2 Å². The zero-order valence-corrected chi connectivity index (χ0v) is 15.0. The van der Waals surface area contributed by atoms with Crippen LogP contribution in [0, 0.1) is 5.82 Å². The van der Waals surface area contributed by atoms with Gasteiger partial charge in [0, 0.05) is 43.9 Å². The van der Waals surface area contributed by atoms with Crippen LogP contribution in [-0.2, 0) is 0 Å². The number of methoxy groups -OCH3 is 2. The molecule has 0 aromatic heterocycles. The van der Waals surface area contributed by atoms with Gasteiger partial charge in [0.2, 0.25) is 0 Å². The highest BCUT2D eigenvalue weighted by Crippen LogP contribution is 2.36. The van der Waals surface area contributed by atoms with Crippen molar-refractivity contribution in [3.63, 3.8) is 0 Å². The van der Waals surface area contributed by atoms with Crippen molar-refractivity contribution in [2.75, 3.05) is 40.4 Å². The number of nitrogens with one attached hydrogen (secondary N) is 1. The first-order valence-electron chi connectivity index (χ1n) is 8.07. The molecule has 132 valence electrons. The van der Waals surface area contributed by atoms with E-state index in [1.165, 1.54) is 13.2 Å². The molecule has 0 aliphatic carbocycles. The maximum Gasteiger partial charge on any atom is 0.163 e. The minimum atomic E-state index is -0.211. The number of nitrogens with zero attached hydrogens (tertiary/aromatic N) is 1. The Labute approximate surface area is 144 Å². The van der Waals surface area contributed by atoms with Crippen LogP contribution in [0.2, 0.25) is 0 Å². The predicted octanol–water partition coefficient (Wildman–Crippen LogP) is 3.40. The van der Waals surface area contributed by atoms with Crippen LogP contribution in [-0.4, -0.2) is 45.3 Å². The maximum absolute atomic E-state index is 14.6. The third-order valence-corrected chi connectivity index (χ3v) is 4.29. The number of unbranched alkanes of at least 4 members (excludes halogenated alkanes) is 1. The fourth-order valence-corrected chi connectivity index (χ4v) is 3.05. The number of ether oxygens (including phenoxy) is 2. The molecule has 2 rings (SSSR count). The van der Waals surface area contributed by atoms with E-state index in [1.807, 2.05) is 0 Å². The van der Waals surface area contributed by atoms with E-state index in [4.69, 9.17) is 9.47 Å². The van der Waals surface area contributed by atoms with E-state index in [1.54, 1.807) is 13.2 Å². The van der Waals surface area contributed by atoms with Gasteiger partial charge in [0.25, 0.3) is 0 Å². The van der Waals surface area contributed by atoms with Crippen molar-refractivity contribution in [2.24, 2.45) is 0 Å². The Morgan fingerprint density at radius 2 is 1.78 bits per heavy atom. The highest BCUT2D eigenvalue weighted by molar-refractivity contribution is 5.85. The van der Waals surface area contributed by atoms with Crippen LogP contribution < -0.4 is 14.8 Å². The molecular formula is C17H28ClFN2O2. The Kier molecular flexibility index (Phi) is 8.66. The summed E-state index contributed by atoms with van der Waals surface area (Å²) >= 11 is 0. The van der Waals surface area contributed by atoms with Gasteiger partial charge in [0.1, 0.15) is 5.82 Å². The first-order chi connectivity index (χ1) is 10.7. The monoisotopic (exact) mass is 346 g/mol. The quantitative estimate of drug-likeness (QED) is 0.820. The molecule has 1 aliphatic heterocycles. The van der Waals surface area contributed by atoms with Crippen LogP contribution >= 0.6 is 12.4 Å². The van der Waals surface area contributed by atoms with Crippen molar-refractivity contribution >= 4 is 12.4 Å². The number of hydrogen-bond acceptors (Lipinski definition) is 4. The molecule has 0 radical (unpaired) electrons. The lowest BCUT2D eigenvalue weighted by molar-refractivity contribution is 0.159. The van der Waals surface area contributed by atoms with Gasteiger partial charge in [-0.2, -0.15) is 0 Å². The zero-order chi connectivity index (χ0) is 15.9. The van der Waals surface area contributed by atoms with Gasteiger partial charge < -0.3 is 14.8 Å². The molecule has 0 unspecified atom stereocenters. The molecule has 1 N–H and O–H groups in total. The topological polar surface area (TPSA) is 33.7 Å². The van der Waals surface area contributed by atoms with E-state index in [0.717, 1.165) is 45.4 Å². The molecule has 1 atom stereocenters. The molecule has 1 fully saturated rings. The van der Waals surface area contributed by atoms with Crippen LogP contribution in [0.5, 0.6) is 11.5 Å². The van der Waals surface area contributed by atoms with Crippen molar-refractivity contribution in [3.8, 4) is 11.5 Å². The summed E-state index contributed by atoms with van der Waals surface area (Å²) in [5.74, 6) is 0.825. The molecule has 0 amide bonds. The van der Waals surface area contributed by atoms with Gasteiger partial charge in [-0.05, 0) is 12.5 Å². The number of rotatable bonds is 7. The van der Waals surface area contributed by atoms with E-state index in [-0.39, 0.29) is 24.3 Å². The van der Waals surface area contributed by atoms with Gasteiger partial charge in [0.15, 0.2) is 11.5 Å². The number of piperazine rings is 1. The lowest BCUT2D eigenvalue weighted by Gasteiger charge is -2.35. The summed E-state index contributed by atoms with van der Waals surface area (Å²) in [5.41, 5.74) is 0.716. The van der Waals surface area contributed by atoms with Crippen LogP contribution in [0.1, 0.15) is 37.8 Å². The summed E-state index contributed by atoms with van der Waals surface area (Å²) in [6.45, 7) is 5.97. The summed E-state index contributed by atoms with van der Waals surface area (Å²) in [6.07, 6.45) is 3.16. The molecule has 1 aromatic carbocycles. The highest BCUT2D eigenvalue weighted by Gasteiger charge is 2.25. The predicted molar refractivity (Wildman–Crippen MR) is 93.5 cm³/mol. The standard InChI is InChI=1S/C17H27FN2O2.ClH/c1-4-5-6-15(20-9-7-19-8-10-20)13-11-16(21-2)17(22-3)12-14(13)18;/h11-12,15,19H,4-10H2,1-3H3;1H/t15-;/m0./s1. The zero-order valence-electron chi connectivity index (χ0n) is 14.2. The third-order valence-electron chi connectivity index (χ3n) is 4.29. The Hall–Kier alpha value is -1.04. The number of hydrogen-bond donors (Lipinski definition) is 1. The van der Waals surface area contributed by atoms with E-state index in [2.05, 4.69) is 17.1 Å². The fraction of sp³-hybridized carbons (Fsp3) is 0.647. The van der Waals surface area contributed by atoms with Gasteiger partial charge >= 0.3 is 0 Å². The Balaban J connectivity index is 0.00000264. The SMILES string of the molecule is CCCC[C@@H](c1cc(OC)c(OC)cc1F)N1CCNCC1.Cl. The molecule has 23 heavy (non-hydrogen) atoms. The second kappa shape index (κ2) is 9.96. The second-order valence-corrected chi connectivity index (χ2v) is 5.67. The molecule has 4 nitrogen and oxygen atoms in total. The van der Waals surface area contributed by atoms with Gasteiger partial charge in [-0.25, -0.2) is 4.39 Å². The first-order valence-corrected chi connectivity index (χ1v) is 8.07. The summed E-state index contributed by atoms with van der Waals surface area (Å²) < 4.78 is 25.1. The number of halogens is 2. The average molecular weight is 347 g/mol. The Morgan fingerprint density at radius 1 is 1.17 bits per heavy atom. The van der Waals surface area contributed by atoms with E-state index < -0.39 is 0 Å². The Morgan fingerprint density at radius 3 is 2.35 bits per heavy atom. The van der Waals surface area contributed by atoms with Gasteiger partial charge in [-0.15, -0.1) is 12.4 Å². The summed E-state index contributed by atoms with van der Waals surface area (Å²) in [5, 5.41) is 3.35. The lowest BCUT2D eigenvalue weighted by atomic mass is 9.97. The maximum atomic E-state index is 14.6. The van der Waals surface area contributed by atoms with Gasteiger partial charge in [-0.3, -0.25) is 4.90 Å². The molecule has 1 aliphatic rings. The minimum Gasteiger partial charge on any atom is -0.493 e. The largest absolute Gasteiger partial charge is 0.493 e. The summed E-state index contributed by atoms with van der Waals surface area (Å²) in [6, 6.07) is 3.34. The molecule has 1 saturated heterocycles. The van der Waals surface area contributed by atoms with Crippen LogP contribution in [0.4, 0.5) is 4.39 Å². The normalized spacial score (nSPS) is 16.5. The van der Waals surface area contributed by atoms with Crippen molar-refractivity contribution < 1.29 is 13.9 Å². The lowest BCUT2D eigenvalue weighted by Crippen LogP contribution is -2.45. The van der Waals surface area contributed by atoms with E-state index >= 15 is 0 Å². The smallest absolute Gasteiger partial charge is 0.163 e. The molecule has 0 saturated carbocycles. The highest BCUT2D eigenvalue weighted by atomic mass is 35.5. The van der Waals surface area contributed by atoms with Crippen molar-refractivity contribution in [2.45, 2.75) is 32.2 Å². The number of benzene rings is 1. The van der Waals surface area contributed by atoms with E-state index in [9.17, 15) is 4.39 Å². The van der Waals surface area contributed by atoms with E-state index in [0.29, 0.717) is 17.1 Å². The van der Waals surface area contributed by atoms with Crippen LogP contribution in [0.25, 0.3) is 0 Å². The fourth-order valence-electron chi connectivity index (χ4n) is 3.05. The minimum absolute atomic E-state index is 0.